The Labute approximate surface area is 134 Å². The van der Waals surface area contributed by atoms with Crippen molar-refractivity contribution in [3.8, 4) is 0 Å². The molecule has 1 aromatic rings. The van der Waals surface area contributed by atoms with Gasteiger partial charge in [0.15, 0.2) is 0 Å². The first-order valence-corrected chi connectivity index (χ1v) is 7.63. The summed E-state index contributed by atoms with van der Waals surface area (Å²) in [5, 5.41) is 14.5. The second-order valence-electron chi connectivity index (χ2n) is 6.52. The average molecular weight is 319 g/mol. The average Bonchev–Trinajstić information content (AvgIpc) is 3.09. The molecule has 2 saturated heterocycles. The van der Waals surface area contributed by atoms with Gasteiger partial charge >= 0.3 is 11.8 Å². The molecule has 0 unspecified atom stereocenters. The summed E-state index contributed by atoms with van der Waals surface area (Å²) in [6.45, 7) is 1.25. The van der Waals surface area contributed by atoms with Gasteiger partial charge in [-0.15, -0.1) is 0 Å². The first-order valence-electron chi connectivity index (χ1n) is 7.63. The summed E-state index contributed by atoms with van der Waals surface area (Å²) in [4.78, 5) is 23.8. The molecule has 1 saturated carbocycles. The molecule has 5 N–H and O–H groups in total. The number of nitrogens with one attached hydrogen (secondary N) is 2. The summed E-state index contributed by atoms with van der Waals surface area (Å²) in [5.41, 5.74) is 6.39. The van der Waals surface area contributed by atoms with Crippen LogP contribution < -0.4 is 16.4 Å². The van der Waals surface area contributed by atoms with Gasteiger partial charge in [-0.3, -0.25) is 9.59 Å². The van der Waals surface area contributed by atoms with E-state index in [4.69, 9.17) is 10.5 Å². The van der Waals surface area contributed by atoms with Crippen LogP contribution in [0.25, 0.3) is 0 Å². The van der Waals surface area contributed by atoms with E-state index in [1.807, 2.05) is 6.07 Å². The Bertz CT molecular complexity index is 626. The van der Waals surface area contributed by atoms with Crippen LogP contribution in [-0.2, 0) is 20.9 Å². The predicted molar refractivity (Wildman–Crippen MR) is 83.4 cm³/mol. The maximum atomic E-state index is 11.9. The van der Waals surface area contributed by atoms with Crippen molar-refractivity contribution in [1.29, 1.82) is 0 Å². The molecule has 2 aliphatic heterocycles. The number of hydrogen-bond acceptors (Lipinski definition) is 5. The summed E-state index contributed by atoms with van der Waals surface area (Å²) in [6, 6.07) is 7.04. The molecular formula is C16H21N3O4. The Morgan fingerprint density at radius 2 is 2.09 bits per heavy atom. The van der Waals surface area contributed by atoms with Crippen molar-refractivity contribution >= 4 is 17.5 Å². The molecule has 3 fully saturated rings. The second-order valence-corrected chi connectivity index (χ2v) is 6.52. The monoisotopic (exact) mass is 319 g/mol. The number of ether oxygens (including phenoxy) is 1. The number of carbonyl (C=O) groups is 2. The minimum absolute atomic E-state index is 0.0979. The van der Waals surface area contributed by atoms with Crippen LogP contribution in [0.1, 0.15) is 18.4 Å². The summed E-state index contributed by atoms with van der Waals surface area (Å²) < 4.78 is 5.67. The van der Waals surface area contributed by atoms with Gasteiger partial charge in [-0.05, 0) is 30.5 Å². The van der Waals surface area contributed by atoms with Crippen molar-refractivity contribution in [1.82, 2.24) is 5.32 Å². The van der Waals surface area contributed by atoms with Crippen LogP contribution in [0, 0.1) is 5.41 Å². The third-order valence-corrected chi connectivity index (χ3v) is 4.61. The molecule has 2 bridgehead atoms. The standard InChI is InChI=1S/C16H21N3O4/c17-5-11-2-1-3-12(4-11)19-14(22)13(21)18-8-16-6-15(7-16,9-20)10-23-16/h1-4,20H,5-10,17H2,(H,18,21)(H,19,22). The van der Waals surface area contributed by atoms with Crippen molar-refractivity contribution in [2.75, 3.05) is 25.1 Å². The van der Waals surface area contributed by atoms with Gasteiger partial charge in [0.05, 0.1) is 18.8 Å². The van der Waals surface area contributed by atoms with Crippen LogP contribution in [0.15, 0.2) is 24.3 Å². The topological polar surface area (TPSA) is 114 Å². The maximum Gasteiger partial charge on any atom is 0.313 e. The Hall–Kier alpha value is -1.96. The fraction of sp³-hybridized carbons (Fsp3) is 0.500. The van der Waals surface area contributed by atoms with Crippen molar-refractivity contribution in [2.24, 2.45) is 11.1 Å². The zero-order valence-corrected chi connectivity index (χ0v) is 12.8. The molecule has 1 aromatic carbocycles. The highest BCUT2D eigenvalue weighted by Crippen LogP contribution is 2.57. The number of rotatable bonds is 5. The van der Waals surface area contributed by atoms with Gasteiger partial charge in [-0.2, -0.15) is 0 Å². The lowest BCUT2D eigenvalue weighted by molar-refractivity contribution is -0.137. The highest BCUT2D eigenvalue weighted by Gasteiger charge is 2.62. The zero-order valence-electron chi connectivity index (χ0n) is 12.8. The van der Waals surface area contributed by atoms with Gasteiger partial charge in [-0.25, -0.2) is 0 Å². The number of anilines is 1. The molecule has 0 spiro atoms. The number of carbonyl (C=O) groups excluding carboxylic acids is 2. The van der Waals surface area contributed by atoms with E-state index in [0.29, 0.717) is 18.8 Å². The Morgan fingerprint density at radius 1 is 1.30 bits per heavy atom. The van der Waals surface area contributed by atoms with E-state index in [2.05, 4.69) is 10.6 Å². The van der Waals surface area contributed by atoms with Crippen LogP contribution in [0.5, 0.6) is 0 Å². The minimum Gasteiger partial charge on any atom is -0.396 e. The smallest absolute Gasteiger partial charge is 0.313 e. The Morgan fingerprint density at radius 3 is 2.74 bits per heavy atom. The zero-order chi connectivity index (χ0) is 16.5. The predicted octanol–water partition coefficient (Wildman–Crippen LogP) is -0.258. The van der Waals surface area contributed by atoms with E-state index in [1.165, 1.54) is 0 Å². The normalized spacial score (nSPS) is 28.1. The fourth-order valence-corrected chi connectivity index (χ4v) is 3.44. The lowest BCUT2D eigenvalue weighted by Crippen LogP contribution is -2.54. The molecule has 124 valence electrons. The summed E-state index contributed by atoms with van der Waals surface area (Å²) in [7, 11) is 0. The van der Waals surface area contributed by atoms with E-state index in [-0.39, 0.29) is 18.6 Å². The Kier molecular flexibility index (Phi) is 4.09. The van der Waals surface area contributed by atoms with Crippen molar-refractivity contribution in [3.05, 3.63) is 29.8 Å². The van der Waals surface area contributed by atoms with Crippen molar-refractivity contribution in [2.45, 2.75) is 25.0 Å². The number of benzene rings is 1. The first-order chi connectivity index (χ1) is 11.0. The van der Waals surface area contributed by atoms with Gasteiger partial charge in [0.1, 0.15) is 0 Å². The van der Waals surface area contributed by atoms with Crippen LogP contribution in [0.2, 0.25) is 0 Å². The molecule has 23 heavy (non-hydrogen) atoms. The van der Waals surface area contributed by atoms with E-state index < -0.39 is 17.4 Å². The molecule has 1 aliphatic carbocycles. The number of nitrogens with two attached hydrogens (primary N) is 1. The fourth-order valence-electron chi connectivity index (χ4n) is 3.44. The van der Waals surface area contributed by atoms with Crippen molar-refractivity contribution < 1.29 is 19.4 Å². The number of amides is 2. The van der Waals surface area contributed by atoms with E-state index in [1.54, 1.807) is 18.2 Å². The lowest BCUT2D eigenvalue weighted by atomic mass is 9.63. The van der Waals surface area contributed by atoms with Crippen LogP contribution in [0.4, 0.5) is 5.69 Å². The minimum atomic E-state index is -0.721. The maximum absolute atomic E-state index is 11.9. The van der Waals surface area contributed by atoms with Gasteiger partial charge in [0, 0.05) is 24.2 Å². The van der Waals surface area contributed by atoms with E-state index in [0.717, 1.165) is 18.4 Å². The van der Waals surface area contributed by atoms with Crippen LogP contribution >= 0.6 is 0 Å². The summed E-state index contributed by atoms with van der Waals surface area (Å²) >= 11 is 0. The van der Waals surface area contributed by atoms with Crippen molar-refractivity contribution in [3.63, 3.8) is 0 Å². The van der Waals surface area contributed by atoms with Gasteiger partial charge in [-0.1, -0.05) is 12.1 Å². The van der Waals surface area contributed by atoms with Crippen LogP contribution in [-0.4, -0.2) is 42.3 Å². The summed E-state index contributed by atoms with van der Waals surface area (Å²) in [5.74, 6) is -1.42. The van der Waals surface area contributed by atoms with Crippen LogP contribution in [0.3, 0.4) is 0 Å². The molecule has 0 radical (unpaired) electrons. The lowest BCUT2D eigenvalue weighted by Gasteiger charge is -2.43. The van der Waals surface area contributed by atoms with E-state index in [9.17, 15) is 14.7 Å². The molecule has 2 heterocycles. The molecular weight excluding hydrogens is 298 g/mol. The SMILES string of the molecule is NCc1cccc(NC(=O)C(=O)NCC23CC(CO)(CO2)C3)c1. The molecule has 2 amide bonds. The van der Waals surface area contributed by atoms with Gasteiger partial charge in [0.25, 0.3) is 0 Å². The molecule has 0 aromatic heterocycles. The largest absolute Gasteiger partial charge is 0.396 e. The molecule has 3 aliphatic rings. The number of aliphatic hydroxyl groups excluding tert-OH is 1. The summed E-state index contributed by atoms with van der Waals surface area (Å²) in [6.07, 6.45) is 1.44. The second kappa shape index (κ2) is 5.92. The molecule has 7 heteroatoms. The third-order valence-electron chi connectivity index (χ3n) is 4.61. The first kappa shape index (κ1) is 15.9. The Balaban J connectivity index is 1.50. The molecule has 7 nitrogen and oxygen atoms in total. The highest BCUT2D eigenvalue weighted by molar-refractivity contribution is 6.39. The molecule has 4 rings (SSSR count). The molecule has 0 atom stereocenters. The third kappa shape index (κ3) is 3.08. The highest BCUT2D eigenvalue weighted by atomic mass is 16.5. The van der Waals surface area contributed by atoms with Gasteiger partial charge in [0.2, 0.25) is 0 Å². The quantitative estimate of drug-likeness (QED) is 0.559. The number of hydrogen-bond donors (Lipinski definition) is 4. The van der Waals surface area contributed by atoms with Gasteiger partial charge < -0.3 is 26.2 Å². The number of aliphatic hydroxyl groups is 1. The number of fused-ring (bicyclic) bond motifs is 1. The van der Waals surface area contributed by atoms with E-state index >= 15 is 0 Å².